The number of anilines is 3. The Morgan fingerprint density at radius 3 is 2.52 bits per heavy atom. The van der Waals surface area contributed by atoms with E-state index in [1.165, 1.54) is 6.20 Å². The summed E-state index contributed by atoms with van der Waals surface area (Å²) in [4.78, 5) is 16.5. The molecule has 0 atom stereocenters. The predicted octanol–water partition coefficient (Wildman–Crippen LogP) is 4.85. The SMILES string of the molecule is COc1ccc(NC(=O)c2cncc(Nc3cccc(Br)c3)c2)cc1. The van der Waals surface area contributed by atoms with Gasteiger partial charge in [-0.3, -0.25) is 9.78 Å². The standard InChI is InChI=1S/C19H16BrN3O2/c1-25-18-7-5-15(6-8-18)23-19(24)13-9-17(12-21-11-13)22-16-4-2-3-14(20)10-16/h2-12,22H,1H3,(H,23,24). The highest BCUT2D eigenvalue weighted by Gasteiger charge is 2.08. The van der Waals surface area contributed by atoms with Crippen LogP contribution in [0.4, 0.5) is 17.1 Å². The molecule has 0 bridgehead atoms. The molecule has 0 aliphatic rings. The number of amides is 1. The van der Waals surface area contributed by atoms with Crippen molar-refractivity contribution in [3.05, 3.63) is 77.0 Å². The number of carbonyl (C=O) groups excluding carboxylic acids is 1. The Kier molecular flexibility index (Phi) is 5.30. The van der Waals surface area contributed by atoms with Crippen LogP contribution in [-0.2, 0) is 0 Å². The van der Waals surface area contributed by atoms with Gasteiger partial charge in [0.1, 0.15) is 5.75 Å². The molecule has 0 fully saturated rings. The van der Waals surface area contributed by atoms with Crippen LogP contribution in [0.5, 0.6) is 5.75 Å². The monoisotopic (exact) mass is 397 g/mol. The van der Waals surface area contributed by atoms with Crippen molar-refractivity contribution in [2.24, 2.45) is 0 Å². The smallest absolute Gasteiger partial charge is 0.257 e. The minimum absolute atomic E-state index is 0.226. The molecule has 0 spiro atoms. The van der Waals surface area contributed by atoms with E-state index in [1.807, 2.05) is 24.3 Å². The number of carbonyl (C=O) groups is 1. The Balaban J connectivity index is 1.72. The number of hydrogen-bond acceptors (Lipinski definition) is 4. The van der Waals surface area contributed by atoms with E-state index in [4.69, 9.17) is 4.74 Å². The lowest BCUT2D eigenvalue weighted by atomic mass is 10.2. The van der Waals surface area contributed by atoms with Gasteiger partial charge in [0, 0.05) is 22.0 Å². The number of hydrogen-bond donors (Lipinski definition) is 2. The molecule has 5 nitrogen and oxygen atoms in total. The Morgan fingerprint density at radius 1 is 1.00 bits per heavy atom. The molecule has 126 valence electrons. The second-order valence-electron chi connectivity index (χ2n) is 5.28. The molecule has 0 unspecified atom stereocenters. The lowest BCUT2D eigenvalue weighted by Gasteiger charge is -2.09. The number of aromatic nitrogens is 1. The van der Waals surface area contributed by atoms with Crippen LogP contribution in [0.3, 0.4) is 0 Å². The largest absolute Gasteiger partial charge is 0.497 e. The van der Waals surface area contributed by atoms with Gasteiger partial charge >= 0.3 is 0 Å². The van der Waals surface area contributed by atoms with Crippen LogP contribution < -0.4 is 15.4 Å². The Bertz CT molecular complexity index is 882. The van der Waals surface area contributed by atoms with Gasteiger partial charge < -0.3 is 15.4 Å². The number of pyridine rings is 1. The number of ether oxygens (including phenoxy) is 1. The van der Waals surface area contributed by atoms with E-state index in [0.717, 1.165) is 21.6 Å². The molecule has 1 aromatic heterocycles. The van der Waals surface area contributed by atoms with E-state index in [1.54, 1.807) is 43.6 Å². The molecule has 0 aliphatic heterocycles. The average Bonchev–Trinajstić information content (AvgIpc) is 2.62. The fraction of sp³-hybridized carbons (Fsp3) is 0.0526. The fourth-order valence-corrected chi connectivity index (χ4v) is 2.64. The zero-order chi connectivity index (χ0) is 17.6. The van der Waals surface area contributed by atoms with Crippen LogP contribution >= 0.6 is 15.9 Å². The molecule has 1 amide bonds. The first-order valence-electron chi connectivity index (χ1n) is 7.57. The van der Waals surface area contributed by atoms with Gasteiger partial charge in [-0.2, -0.15) is 0 Å². The quantitative estimate of drug-likeness (QED) is 0.645. The van der Waals surface area contributed by atoms with Gasteiger partial charge in [0.25, 0.3) is 5.91 Å². The second-order valence-corrected chi connectivity index (χ2v) is 6.20. The molecule has 0 aliphatic carbocycles. The molecule has 3 rings (SSSR count). The van der Waals surface area contributed by atoms with Gasteiger partial charge in [-0.1, -0.05) is 22.0 Å². The Hall–Kier alpha value is -2.86. The van der Waals surface area contributed by atoms with Gasteiger partial charge in [-0.05, 0) is 48.5 Å². The van der Waals surface area contributed by atoms with E-state index < -0.39 is 0 Å². The molecule has 0 radical (unpaired) electrons. The third-order valence-corrected chi connectivity index (χ3v) is 3.95. The summed E-state index contributed by atoms with van der Waals surface area (Å²) in [6, 6.07) is 16.7. The maximum atomic E-state index is 12.4. The Labute approximate surface area is 154 Å². The number of benzene rings is 2. The highest BCUT2D eigenvalue weighted by molar-refractivity contribution is 9.10. The van der Waals surface area contributed by atoms with Gasteiger partial charge in [-0.15, -0.1) is 0 Å². The van der Waals surface area contributed by atoms with Crippen molar-refractivity contribution in [3.63, 3.8) is 0 Å². The molecule has 0 saturated heterocycles. The van der Waals surface area contributed by atoms with Gasteiger partial charge in [-0.25, -0.2) is 0 Å². The third kappa shape index (κ3) is 4.58. The molecular weight excluding hydrogens is 382 g/mol. The lowest BCUT2D eigenvalue weighted by molar-refractivity contribution is 0.102. The molecule has 2 N–H and O–H groups in total. The maximum absolute atomic E-state index is 12.4. The van der Waals surface area contributed by atoms with Crippen LogP contribution in [-0.4, -0.2) is 18.0 Å². The fourth-order valence-electron chi connectivity index (χ4n) is 2.24. The van der Waals surface area contributed by atoms with Crippen molar-refractivity contribution in [1.29, 1.82) is 0 Å². The van der Waals surface area contributed by atoms with Crippen LogP contribution in [0.25, 0.3) is 0 Å². The summed E-state index contributed by atoms with van der Waals surface area (Å²) in [7, 11) is 1.60. The molecule has 1 heterocycles. The van der Waals surface area contributed by atoms with Gasteiger partial charge in [0.15, 0.2) is 0 Å². The van der Waals surface area contributed by atoms with Crippen molar-refractivity contribution in [2.45, 2.75) is 0 Å². The zero-order valence-electron chi connectivity index (χ0n) is 13.5. The highest BCUT2D eigenvalue weighted by atomic mass is 79.9. The summed E-state index contributed by atoms with van der Waals surface area (Å²) >= 11 is 3.43. The second kappa shape index (κ2) is 7.81. The Morgan fingerprint density at radius 2 is 1.80 bits per heavy atom. The van der Waals surface area contributed by atoms with Gasteiger partial charge in [0.05, 0.1) is 24.6 Å². The van der Waals surface area contributed by atoms with E-state index >= 15 is 0 Å². The van der Waals surface area contributed by atoms with E-state index in [-0.39, 0.29) is 5.91 Å². The van der Waals surface area contributed by atoms with Crippen LogP contribution in [0.15, 0.2) is 71.5 Å². The van der Waals surface area contributed by atoms with E-state index in [9.17, 15) is 4.79 Å². The van der Waals surface area contributed by atoms with Crippen molar-refractivity contribution in [1.82, 2.24) is 4.98 Å². The van der Waals surface area contributed by atoms with E-state index in [2.05, 4.69) is 31.5 Å². The van der Waals surface area contributed by atoms with Crippen molar-refractivity contribution in [2.75, 3.05) is 17.7 Å². The predicted molar refractivity (Wildman–Crippen MR) is 103 cm³/mol. The molecule has 0 saturated carbocycles. The third-order valence-electron chi connectivity index (χ3n) is 3.46. The number of methoxy groups -OCH3 is 1. The summed E-state index contributed by atoms with van der Waals surface area (Å²) in [6.07, 6.45) is 3.20. The van der Waals surface area contributed by atoms with Crippen molar-refractivity contribution < 1.29 is 9.53 Å². The zero-order valence-corrected chi connectivity index (χ0v) is 15.1. The van der Waals surface area contributed by atoms with Crippen molar-refractivity contribution >= 4 is 38.9 Å². The highest BCUT2D eigenvalue weighted by Crippen LogP contribution is 2.21. The van der Waals surface area contributed by atoms with Crippen LogP contribution in [0.2, 0.25) is 0 Å². The molecule has 3 aromatic rings. The molecule has 6 heteroatoms. The van der Waals surface area contributed by atoms with E-state index in [0.29, 0.717) is 11.3 Å². The van der Waals surface area contributed by atoms with Crippen LogP contribution in [0, 0.1) is 0 Å². The topological polar surface area (TPSA) is 63.2 Å². The first-order chi connectivity index (χ1) is 12.1. The molecule has 2 aromatic carbocycles. The number of halogens is 1. The summed E-state index contributed by atoms with van der Waals surface area (Å²) in [5.41, 5.74) is 2.80. The lowest BCUT2D eigenvalue weighted by Crippen LogP contribution is -2.12. The summed E-state index contributed by atoms with van der Waals surface area (Å²) in [5, 5.41) is 6.07. The summed E-state index contributed by atoms with van der Waals surface area (Å²) in [5.74, 6) is 0.510. The minimum Gasteiger partial charge on any atom is -0.497 e. The van der Waals surface area contributed by atoms with Crippen molar-refractivity contribution in [3.8, 4) is 5.75 Å². The number of rotatable bonds is 5. The summed E-state index contributed by atoms with van der Waals surface area (Å²) < 4.78 is 6.08. The first-order valence-corrected chi connectivity index (χ1v) is 8.36. The maximum Gasteiger partial charge on any atom is 0.257 e. The molecule has 25 heavy (non-hydrogen) atoms. The normalized spacial score (nSPS) is 10.2. The summed E-state index contributed by atoms with van der Waals surface area (Å²) in [6.45, 7) is 0. The molecular formula is C19H16BrN3O2. The number of nitrogens with zero attached hydrogens (tertiary/aromatic N) is 1. The van der Waals surface area contributed by atoms with Gasteiger partial charge in [0.2, 0.25) is 0 Å². The van der Waals surface area contributed by atoms with Crippen LogP contribution in [0.1, 0.15) is 10.4 Å². The average molecular weight is 398 g/mol. The minimum atomic E-state index is -0.226. The first kappa shape index (κ1) is 17.0. The number of nitrogens with one attached hydrogen (secondary N) is 2.